The van der Waals surface area contributed by atoms with Crippen molar-refractivity contribution >= 4 is 11.8 Å². The molecule has 1 saturated heterocycles. The molecule has 1 unspecified atom stereocenters. The summed E-state index contributed by atoms with van der Waals surface area (Å²) in [5.41, 5.74) is 0. The molecule has 0 aromatic rings. The molecule has 1 saturated carbocycles. The van der Waals surface area contributed by atoms with E-state index in [9.17, 15) is 0 Å². The van der Waals surface area contributed by atoms with Gasteiger partial charge in [0, 0.05) is 5.25 Å². The standard InChI is InChI=1S/C15H27S/c1-2-4-6-10-14(11-7-5-3-1)15-12-8-9-13-16-15/h15H,1-13H2. The third kappa shape index (κ3) is 4.31. The van der Waals surface area contributed by atoms with Crippen LogP contribution >= 0.6 is 11.8 Å². The monoisotopic (exact) mass is 239 g/mol. The fourth-order valence-corrected chi connectivity index (χ4v) is 4.56. The first-order valence-electron chi connectivity index (χ1n) is 7.43. The summed E-state index contributed by atoms with van der Waals surface area (Å²) in [4.78, 5) is 0. The molecule has 1 atom stereocenters. The number of hydrogen-bond acceptors (Lipinski definition) is 1. The molecule has 2 rings (SSSR count). The predicted octanol–water partition coefficient (Wildman–Crippen LogP) is 5.37. The largest absolute Gasteiger partial charge is 0.158 e. The Kier molecular flexibility index (Phi) is 6.11. The molecule has 16 heavy (non-hydrogen) atoms. The molecule has 0 aromatic heterocycles. The first-order valence-corrected chi connectivity index (χ1v) is 8.48. The summed E-state index contributed by atoms with van der Waals surface area (Å²) in [6.45, 7) is 0. The quantitative estimate of drug-likeness (QED) is 0.592. The fraction of sp³-hybridized carbons (Fsp3) is 0.933. The Bertz CT molecular complexity index is 162. The topological polar surface area (TPSA) is 0 Å². The average Bonchev–Trinajstić information content (AvgIpc) is 2.37. The molecule has 0 amide bonds. The number of rotatable bonds is 1. The van der Waals surface area contributed by atoms with E-state index in [0.29, 0.717) is 0 Å². The summed E-state index contributed by atoms with van der Waals surface area (Å²) in [5, 5.41) is 0.952. The third-order valence-corrected chi connectivity index (χ3v) is 5.63. The van der Waals surface area contributed by atoms with Gasteiger partial charge in [-0.25, -0.2) is 0 Å². The van der Waals surface area contributed by atoms with Crippen molar-refractivity contribution in [2.24, 2.45) is 0 Å². The second kappa shape index (κ2) is 7.63. The molecule has 1 aliphatic carbocycles. The minimum atomic E-state index is 0.952. The second-order valence-corrected chi connectivity index (χ2v) is 6.80. The molecule has 2 fully saturated rings. The summed E-state index contributed by atoms with van der Waals surface area (Å²) in [6.07, 6.45) is 17.8. The van der Waals surface area contributed by atoms with Gasteiger partial charge in [0.05, 0.1) is 0 Å². The third-order valence-electron chi connectivity index (χ3n) is 4.13. The van der Waals surface area contributed by atoms with Crippen molar-refractivity contribution in [3.8, 4) is 0 Å². The zero-order valence-electron chi connectivity index (χ0n) is 10.7. The first-order chi connectivity index (χ1) is 7.97. The predicted molar refractivity (Wildman–Crippen MR) is 74.9 cm³/mol. The van der Waals surface area contributed by atoms with Crippen molar-refractivity contribution < 1.29 is 0 Å². The zero-order chi connectivity index (χ0) is 11.1. The maximum Gasteiger partial charge on any atom is 0.0109 e. The lowest BCUT2D eigenvalue weighted by Crippen LogP contribution is -2.19. The Morgan fingerprint density at radius 2 is 1.31 bits per heavy atom. The van der Waals surface area contributed by atoms with Crippen molar-refractivity contribution in [3.05, 3.63) is 5.92 Å². The normalized spacial score (nSPS) is 31.1. The number of thioether (sulfide) groups is 1. The first kappa shape index (κ1) is 12.8. The molecule has 1 heterocycles. The Morgan fingerprint density at radius 1 is 0.688 bits per heavy atom. The van der Waals surface area contributed by atoms with Crippen LogP contribution in [0.15, 0.2) is 0 Å². The van der Waals surface area contributed by atoms with Crippen molar-refractivity contribution in [3.63, 3.8) is 0 Å². The Hall–Kier alpha value is 0.350. The highest BCUT2D eigenvalue weighted by molar-refractivity contribution is 8.00. The fourth-order valence-electron chi connectivity index (χ4n) is 3.10. The van der Waals surface area contributed by atoms with E-state index in [1.165, 1.54) is 82.8 Å². The molecule has 1 heteroatoms. The van der Waals surface area contributed by atoms with Gasteiger partial charge in [-0.3, -0.25) is 0 Å². The maximum absolute atomic E-state index is 2.26. The van der Waals surface area contributed by atoms with E-state index in [1.54, 1.807) is 0 Å². The summed E-state index contributed by atoms with van der Waals surface area (Å²) in [5.74, 6) is 3.36. The Labute approximate surface area is 106 Å². The van der Waals surface area contributed by atoms with E-state index in [4.69, 9.17) is 0 Å². The van der Waals surface area contributed by atoms with E-state index >= 15 is 0 Å². The van der Waals surface area contributed by atoms with E-state index in [0.717, 1.165) is 5.25 Å². The van der Waals surface area contributed by atoms with Crippen LogP contribution < -0.4 is 0 Å². The van der Waals surface area contributed by atoms with Crippen molar-refractivity contribution in [1.29, 1.82) is 0 Å². The lowest BCUT2D eigenvalue weighted by Gasteiger charge is -2.30. The molecule has 93 valence electrons. The van der Waals surface area contributed by atoms with Crippen LogP contribution in [0, 0.1) is 5.92 Å². The summed E-state index contributed by atoms with van der Waals surface area (Å²) < 4.78 is 0. The van der Waals surface area contributed by atoms with Gasteiger partial charge < -0.3 is 0 Å². The number of hydrogen-bond donors (Lipinski definition) is 0. The minimum Gasteiger partial charge on any atom is -0.158 e. The molecular weight excluding hydrogens is 212 g/mol. The highest BCUT2D eigenvalue weighted by Crippen LogP contribution is 2.37. The molecule has 0 spiro atoms. The molecule has 1 aliphatic heterocycles. The van der Waals surface area contributed by atoms with Crippen LogP contribution in [0.25, 0.3) is 0 Å². The molecule has 0 bridgehead atoms. The Balaban J connectivity index is 1.78. The molecule has 0 aromatic carbocycles. The van der Waals surface area contributed by atoms with Crippen LogP contribution in [0.1, 0.15) is 77.0 Å². The zero-order valence-corrected chi connectivity index (χ0v) is 11.5. The molecular formula is C15H27S. The van der Waals surface area contributed by atoms with Gasteiger partial charge in [0.1, 0.15) is 0 Å². The lowest BCUT2D eigenvalue weighted by molar-refractivity contribution is 0.497. The lowest BCUT2D eigenvalue weighted by atomic mass is 9.88. The molecule has 1 radical (unpaired) electrons. The molecule has 0 nitrogen and oxygen atoms in total. The van der Waals surface area contributed by atoms with E-state index in [2.05, 4.69) is 11.8 Å². The van der Waals surface area contributed by atoms with Crippen molar-refractivity contribution in [2.75, 3.05) is 5.75 Å². The highest BCUT2D eigenvalue weighted by atomic mass is 32.2. The smallest absolute Gasteiger partial charge is 0.0109 e. The highest BCUT2D eigenvalue weighted by Gasteiger charge is 2.24. The van der Waals surface area contributed by atoms with Crippen LogP contribution in [-0.2, 0) is 0 Å². The van der Waals surface area contributed by atoms with E-state index in [-0.39, 0.29) is 0 Å². The van der Waals surface area contributed by atoms with Crippen LogP contribution in [0.4, 0.5) is 0 Å². The minimum absolute atomic E-state index is 0.952. The Morgan fingerprint density at radius 3 is 1.88 bits per heavy atom. The molecule has 2 aliphatic rings. The van der Waals surface area contributed by atoms with Gasteiger partial charge in [-0.15, -0.1) is 0 Å². The van der Waals surface area contributed by atoms with Gasteiger partial charge in [0.25, 0.3) is 0 Å². The van der Waals surface area contributed by atoms with Crippen LogP contribution in [0.5, 0.6) is 0 Å². The van der Waals surface area contributed by atoms with Gasteiger partial charge in [-0.05, 0) is 37.4 Å². The van der Waals surface area contributed by atoms with Crippen LogP contribution in [0.2, 0.25) is 0 Å². The van der Waals surface area contributed by atoms with Gasteiger partial charge >= 0.3 is 0 Å². The van der Waals surface area contributed by atoms with Gasteiger partial charge in [0.15, 0.2) is 0 Å². The summed E-state index contributed by atoms with van der Waals surface area (Å²) in [6, 6.07) is 0. The van der Waals surface area contributed by atoms with Gasteiger partial charge in [0.2, 0.25) is 0 Å². The summed E-state index contributed by atoms with van der Waals surface area (Å²) >= 11 is 2.26. The molecule has 0 N–H and O–H groups in total. The SMILES string of the molecule is C1CCCC[C](C2CCCCS2)CCCC1. The van der Waals surface area contributed by atoms with E-state index < -0.39 is 0 Å². The maximum atomic E-state index is 2.26. The summed E-state index contributed by atoms with van der Waals surface area (Å²) in [7, 11) is 0. The van der Waals surface area contributed by atoms with Crippen LogP contribution in [-0.4, -0.2) is 11.0 Å². The van der Waals surface area contributed by atoms with Crippen LogP contribution in [0.3, 0.4) is 0 Å². The van der Waals surface area contributed by atoms with Crippen molar-refractivity contribution in [1.82, 2.24) is 0 Å². The second-order valence-electron chi connectivity index (χ2n) is 5.49. The van der Waals surface area contributed by atoms with Gasteiger partial charge in [-0.2, -0.15) is 11.8 Å². The van der Waals surface area contributed by atoms with Gasteiger partial charge in [-0.1, -0.05) is 51.4 Å². The van der Waals surface area contributed by atoms with Crippen molar-refractivity contribution in [2.45, 2.75) is 82.3 Å². The van der Waals surface area contributed by atoms with E-state index in [1.807, 2.05) is 5.92 Å². The average molecular weight is 239 g/mol.